The molecule has 68 valence electrons. The van der Waals surface area contributed by atoms with Gasteiger partial charge in [0, 0.05) is 5.92 Å². The molecule has 2 rings (SSSR count). The van der Waals surface area contributed by atoms with Crippen LogP contribution < -0.4 is 0 Å². The van der Waals surface area contributed by atoms with Crippen molar-refractivity contribution in [1.29, 1.82) is 5.26 Å². The first-order chi connectivity index (χ1) is 6.23. The van der Waals surface area contributed by atoms with Gasteiger partial charge in [0.2, 0.25) is 0 Å². The Kier molecular flexibility index (Phi) is 1.66. The lowest BCUT2D eigenvalue weighted by atomic mass is 9.77. The van der Waals surface area contributed by atoms with Crippen LogP contribution in [0.15, 0.2) is 12.2 Å². The SMILES string of the molecule is COC(=O)C1(C#N)CC2C=CC1C2. The molecule has 2 bridgehead atoms. The number of hydrogen-bond acceptors (Lipinski definition) is 3. The molecule has 0 saturated heterocycles. The Morgan fingerprint density at radius 3 is 2.85 bits per heavy atom. The number of hydrogen-bond donors (Lipinski definition) is 0. The summed E-state index contributed by atoms with van der Waals surface area (Å²) in [5.74, 6) is 0.116. The first kappa shape index (κ1) is 8.31. The lowest BCUT2D eigenvalue weighted by molar-refractivity contribution is -0.150. The number of methoxy groups -OCH3 is 1. The number of fused-ring (bicyclic) bond motifs is 2. The molecule has 0 spiro atoms. The van der Waals surface area contributed by atoms with Crippen LogP contribution in [0.25, 0.3) is 0 Å². The van der Waals surface area contributed by atoms with Gasteiger partial charge in [0.1, 0.15) is 0 Å². The number of rotatable bonds is 1. The van der Waals surface area contributed by atoms with E-state index in [4.69, 9.17) is 5.26 Å². The number of esters is 1. The van der Waals surface area contributed by atoms with E-state index in [0.29, 0.717) is 12.3 Å². The molecule has 1 fully saturated rings. The van der Waals surface area contributed by atoms with E-state index in [9.17, 15) is 4.79 Å². The molecule has 0 radical (unpaired) electrons. The highest BCUT2D eigenvalue weighted by Gasteiger charge is 2.55. The Hall–Kier alpha value is -1.30. The molecule has 3 unspecified atom stereocenters. The number of allylic oxidation sites excluding steroid dienone is 2. The van der Waals surface area contributed by atoms with Gasteiger partial charge in [0.25, 0.3) is 0 Å². The minimum atomic E-state index is -0.881. The van der Waals surface area contributed by atoms with Crippen LogP contribution in [0, 0.1) is 28.6 Å². The van der Waals surface area contributed by atoms with E-state index < -0.39 is 5.41 Å². The van der Waals surface area contributed by atoms with Crippen LogP contribution in [0.5, 0.6) is 0 Å². The molecule has 2 aliphatic carbocycles. The van der Waals surface area contributed by atoms with Gasteiger partial charge in [0.15, 0.2) is 5.41 Å². The van der Waals surface area contributed by atoms with Gasteiger partial charge in [-0.05, 0) is 18.8 Å². The molecule has 0 heterocycles. The van der Waals surface area contributed by atoms with E-state index in [1.54, 1.807) is 0 Å². The van der Waals surface area contributed by atoms with Crippen molar-refractivity contribution in [3.05, 3.63) is 12.2 Å². The third-order valence-corrected chi connectivity index (χ3v) is 3.14. The summed E-state index contributed by atoms with van der Waals surface area (Å²) >= 11 is 0. The summed E-state index contributed by atoms with van der Waals surface area (Å²) in [5, 5.41) is 9.06. The van der Waals surface area contributed by atoms with Gasteiger partial charge in [-0.25, -0.2) is 0 Å². The highest BCUT2D eigenvalue weighted by Crippen LogP contribution is 2.52. The minimum absolute atomic E-state index is 0.0787. The average Bonchev–Trinajstić information content (AvgIpc) is 2.75. The van der Waals surface area contributed by atoms with E-state index >= 15 is 0 Å². The molecule has 3 nitrogen and oxygen atoms in total. The molecule has 2 aliphatic rings. The smallest absolute Gasteiger partial charge is 0.326 e. The third kappa shape index (κ3) is 0.918. The summed E-state index contributed by atoms with van der Waals surface area (Å²) in [7, 11) is 1.34. The van der Waals surface area contributed by atoms with Crippen molar-refractivity contribution in [1.82, 2.24) is 0 Å². The van der Waals surface area contributed by atoms with Crippen LogP contribution in [0.2, 0.25) is 0 Å². The molecule has 3 heteroatoms. The van der Waals surface area contributed by atoms with Gasteiger partial charge < -0.3 is 4.74 Å². The molecule has 0 aliphatic heterocycles. The fraction of sp³-hybridized carbons (Fsp3) is 0.600. The summed E-state index contributed by atoms with van der Waals surface area (Å²) < 4.78 is 4.69. The lowest BCUT2D eigenvalue weighted by Crippen LogP contribution is -2.34. The quantitative estimate of drug-likeness (QED) is 0.447. The summed E-state index contributed by atoms with van der Waals surface area (Å²) in [4.78, 5) is 11.5. The molecule has 0 amide bonds. The molecule has 3 atom stereocenters. The van der Waals surface area contributed by atoms with Crippen LogP contribution in [-0.2, 0) is 9.53 Å². The minimum Gasteiger partial charge on any atom is -0.468 e. The predicted octanol–water partition coefficient (Wildman–Crippen LogP) is 1.27. The van der Waals surface area contributed by atoms with Crippen LogP contribution in [-0.4, -0.2) is 13.1 Å². The fourth-order valence-electron chi connectivity index (χ4n) is 2.45. The molecule has 1 saturated carbocycles. The summed E-state index contributed by atoms with van der Waals surface area (Å²) in [6, 6.07) is 2.13. The molecule has 13 heavy (non-hydrogen) atoms. The van der Waals surface area contributed by atoms with Crippen molar-refractivity contribution in [2.24, 2.45) is 17.3 Å². The largest absolute Gasteiger partial charge is 0.468 e. The third-order valence-electron chi connectivity index (χ3n) is 3.14. The van der Waals surface area contributed by atoms with Gasteiger partial charge in [-0.15, -0.1) is 0 Å². The second-order valence-corrected chi connectivity index (χ2v) is 3.77. The van der Waals surface area contributed by atoms with Crippen molar-refractivity contribution in [2.75, 3.05) is 7.11 Å². The Bertz CT molecular complexity index is 315. The first-order valence-electron chi connectivity index (χ1n) is 4.41. The molecule has 0 aromatic rings. The predicted molar refractivity (Wildman–Crippen MR) is 45.4 cm³/mol. The van der Waals surface area contributed by atoms with Crippen LogP contribution in [0.1, 0.15) is 12.8 Å². The molecular weight excluding hydrogens is 166 g/mol. The van der Waals surface area contributed by atoms with Gasteiger partial charge >= 0.3 is 5.97 Å². The van der Waals surface area contributed by atoms with E-state index in [1.807, 2.05) is 6.08 Å². The van der Waals surface area contributed by atoms with Gasteiger partial charge in [0.05, 0.1) is 13.2 Å². The van der Waals surface area contributed by atoms with Gasteiger partial charge in [-0.2, -0.15) is 5.26 Å². The summed E-state index contributed by atoms with van der Waals surface area (Å²) in [6.07, 6.45) is 5.65. The van der Waals surface area contributed by atoms with Crippen molar-refractivity contribution < 1.29 is 9.53 Å². The average molecular weight is 177 g/mol. The maximum absolute atomic E-state index is 11.5. The zero-order valence-corrected chi connectivity index (χ0v) is 7.49. The van der Waals surface area contributed by atoms with Gasteiger partial charge in [-0.3, -0.25) is 4.79 Å². The standard InChI is InChI=1S/C10H11NO2/c1-13-9(12)10(6-11)5-7-2-3-8(10)4-7/h2-3,7-8H,4-5H2,1H3. The zero-order valence-electron chi connectivity index (χ0n) is 7.49. The highest BCUT2D eigenvalue weighted by molar-refractivity contribution is 5.81. The van der Waals surface area contributed by atoms with Crippen molar-refractivity contribution in [3.63, 3.8) is 0 Å². The molecular formula is C10H11NO2. The number of carbonyl (C=O) groups is 1. The molecule has 0 aromatic carbocycles. The van der Waals surface area contributed by atoms with Crippen LogP contribution in [0.4, 0.5) is 0 Å². The Morgan fingerprint density at radius 2 is 2.46 bits per heavy atom. The van der Waals surface area contributed by atoms with Crippen LogP contribution in [0.3, 0.4) is 0 Å². The van der Waals surface area contributed by atoms with Crippen molar-refractivity contribution >= 4 is 5.97 Å². The number of ether oxygens (including phenoxy) is 1. The van der Waals surface area contributed by atoms with Crippen molar-refractivity contribution in [3.8, 4) is 6.07 Å². The monoisotopic (exact) mass is 177 g/mol. The number of carbonyl (C=O) groups excluding carboxylic acids is 1. The molecule has 0 N–H and O–H groups in total. The van der Waals surface area contributed by atoms with E-state index in [2.05, 4.69) is 16.9 Å². The van der Waals surface area contributed by atoms with Crippen LogP contribution >= 0.6 is 0 Å². The molecule has 0 aromatic heterocycles. The van der Waals surface area contributed by atoms with E-state index in [1.165, 1.54) is 7.11 Å². The first-order valence-corrected chi connectivity index (χ1v) is 4.41. The topological polar surface area (TPSA) is 50.1 Å². The Labute approximate surface area is 77.0 Å². The lowest BCUT2D eigenvalue weighted by Gasteiger charge is -2.24. The van der Waals surface area contributed by atoms with Gasteiger partial charge in [-0.1, -0.05) is 12.2 Å². The summed E-state index contributed by atoms with van der Waals surface area (Å²) in [5.41, 5.74) is -0.881. The number of nitrogens with zero attached hydrogens (tertiary/aromatic N) is 1. The Morgan fingerprint density at radius 1 is 1.69 bits per heavy atom. The van der Waals surface area contributed by atoms with E-state index in [0.717, 1.165) is 6.42 Å². The maximum Gasteiger partial charge on any atom is 0.326 e. The zero-order chi connectivity index (χ0) is 9.47. The normalized spacial score (nSPS) is 40.3. The summed E-state index contributed by atoms with van der Waals surface area (Å²) in [6.45, 7) is 0. The fourth-order valence-corrected chi connectivity index (χ4v) is 2.45. The van der Waals surface area contributed by atoms with E-state index in [-0.39, 0.29) is 11.9 Å². The van der Waals surface area contributed by atoms with Crippen molar-refractivity contribution in [2.45, 2.75) is 12.8 Å². The Balaban J connectivity index is 2.34. The second-order valence-electron chi connectivity index (χ2n) is 3.77. The number of nitriles is 1. The maximum atomic E-state index is 11.5. The second kappa shape index (κ2) is 2.59. The highest BCUT2D eigenvalue weighted by atomic mass is 16.5.